The zero-order chi connectivity index (χ0) is 12.5. The maximum atomic E-state index is 11.3. The summed E-state index contributed by atoms with van der Waals surface area (Å²) in [7, 11) is 0. The van der Waals surface area contributed by atoms with Crippen LogP contribution in [0.3, 0.4) is 0 Å². The second-order valence-corrected chi connectivity index (χ2v) is 3.55. The second kappa shape index (κ2) is 7.27. The molecule has 92 valence electrons. The molecule has 0 saturated heterocycles. The third-order valence-electron chi connectivity index (χ3n) is 2.06. The fraction of sp³-hybridized carbons (Fsp3) is 0.333. The summed E-state index contributed by atoms with van der Waals surface area (Å²) in [6.45, 7) is 2.89. The molecule has 5 heteroatoms. The first kappa shape index (κ1) is 13.0. The van der Waals surface area contributed by atoms with Gasteiger partial charge in [-0.05, 0) is 12.0 Å². The van der Waals surface area contributed by atoms with Gasteiger partial charge in [-0.3, -0.25) is 5.32 Å². The van der Waals surface area contributed by atoms with Crippen LogP contribution in [0.15, 0.2) is 30.3 Å². The van der Waals surface area contributed by atoms with Crippen molar-refractivity contribution < 1.29 is 9.59 Å². The molecule has 0 atom stereocenters. The van der Waals surface area contributed by atoms with Gasteiger partial charge in [-0.2, -0.15) is 0 Å². The molecule has 3 N–H and O–H groups in total. The van der Waals surface area contributed by atoms with Gasteiger partial charge in [0.15, 0.2) is 0 Å². The average molecular weight is 235 g/mol. The predicted molar refractivity (Wildman–Crippen MR) is 65.5 cm³/mol. The molecule has 5 nitrogen and oxygen atoms in total. The van der Waals surface area contributed by atoms with Crippen LogP contribution in [0.1, 0.15) is 18.9 Å². The van der Waals surface area contributed by atoms with Crippen molar-refractivity contribution in [2.45, 2.75) is 19.9 Å². The molecule has 4 amide bonds. The molecule has 0 saturated carbocycles. The van der Waals surface area contributed by atoms with Crippen LogP contribution in [0.4, 0.5) is 9.59 Å². The zero-order valence-electron chi connectivity index (χ0n) is 9.82. The number of carbonyl (C=O) groups excluding carboxylic acids is 2. The van der Waals surface area contributed by atoms with Gasteiger partial charge < -0.3 is 10.6 Å². The molecule has 0 aliphatic heterocycles. The first-order valence-corrected chi connectivity index (χ1v) is 5.59. The van der Waals surface area contributed by atoms with Crippen molar-refractivity contribution in [2.75, 3.05) is 6.54 Å². The van der Waals surface area contributed by atoms with Gasteiger partial charge in [-0.15, -0.1) is 0 Å². The highest BCUT2D eigenvalue weighted by atomic mass is 16.2. The van der Waals surface area contributed by atoms with Crippen molar-refractivity contribution in [1.29, 1.82) is 0 Å². The lowest BCUT2D eigenvalue weighted by atomic mass is 10.2. The molecule has 1 aromatic rings. The molecular weight excluding hydrogens is 218 g/mol. The Bertz CT molecular complexity index is 365. The smallest absolute Gasteiger partial charge is 0.323 e. The largest absolute Gasteiger partial charge is 0.338 e. The maximum Gasteiger partial charge on any atom is 0.323 e. The van der Waals surface area contributed by atoms with Crippen LogP contribution in [0.5, 0.6) is 0 Å². The van der Waals surface area contributed by atoms with Gasteiger partial charge in [0.05, 0.1) is 0 Å². The summed E-state index contributed by atoms with van der Waals surface area (Å²) in [5.41, 5.74) is 0.983. The van der Waals surface area contributed by atoms with Gasteiger partial charge in [-0.25, -0.2) is 9.59 Å². The monoisotopic (exact) mass is 235 g/mol. The van der Waals surface area contributed by atoms with Crippen LogP contribution in [-0.4, -0.2) is 18.6 Å². The number of nitrogens with one attached hydrogen (secondary N) is 3. The summed E-state index contributed by atoms with van der Waals surface area (Å²) in [6.07, 6.45) is 0.832. The highest BCUT2D eigenvalue weighted by Crippen LogP contribution is 1.96. The fourth-order valence-corrected chi connectivity index (χ4v) is 1.21. The van der Waals surface area contributed by atoms with Gasteiger partial charge in [0.25, 0.3) is 0 Å². The number of imide groups is 1. The molecule has 0 bridgehead atoms. The van der Waals surface area contributed by atoms with E-state index >= 15 is 0 Å². The van der Waals surface area contributed by atoms with E-state index in [2.05, 4.69) is 16.0 Å². The molecule has 0 radical (unpaired) electrons. The van der Waals surface area contributed by atoms with Gasteiger partial charge in [0, 0.05) is 13.1 Å². The fourth-order valence-electron chi connectivity index (χ4n) is 1.21. The lowest BCUT2D eigenvalue weighted by molar-refractivity contribution is 0.227. The zero-order valence-corrected chi connectivity index (χ0v) is 9.82. The van der Waals surface area contributed by atoms with Gasteiger partial charge >= 0.3 is 12.1 Å². The molecule has 0 spiro atoms. The van der Waals surface area contributed by atoms with Gasteiger partial charge in [0.1, 0.15) is 0 Å². The van der Waals surface area contributed by atoms with Gasteiger partial charge in [0.2, 0.25) is 0 Å². The molecular formula is C12H17N3O2. The first-order chi connectivity index (χ1) is 8.22. The number of urea groups is 2. The Hall–Kier alpha value is -2.04. The lowest BCUT2D eigenvalue weighted by Gasteiger charge is -2.07. The van der Waals surface area contributed by atoms with Gasteiger partial charge in [-0.1, -0.05) is 37.3 Å². The van der Waals surface area contributed by atoms with E-state index in [4.69, 9.17) is 0 Å². The number of carbonyl (C=O) groups is 2. The summed E-state index contributed by atoms with van der Waals surface area (Å²) in [5.74, 6) is 0. The summed E-state index contributed by atoms with van der Waals surface area (Å²) in [4.78, 5) is 22.4. The topological polar surface area (TPSA) is 70.2 Å². The van der Waals surface area contributed by atoms with E-state index in [9.17, 15) is 9.59 Å². The molecule has 1 rings (SSSR count). The highest BCUT2D eigenvalue weighted by Gasteiger charge is 2.05. The van der Waals surface area contributed by atoms with Crippen LogP contribution in [0, 0.1) is 0 Å². The van der Waals surface area contributed by atoms with E-state index in [1.807, 2.05) is 37.3 Å². The predicted octanol–water partition coefficient (Wildman–Crippen LogP) is 1.61. The summed E-state index contributed by atoms with van der Waals surface area (Å²) < 4.78 is 0. The Morgan fingerprint density at radius 3 is 2.35 bits per heavy atom. The normalized spacial score (nSPS) is 9.47. The first-order valence-electron chi connectivity index (χ1n) is 5.59. The molecule has 0 unspecified atom stereocenters. The Morgan fingerprint density at radius 2 is 1.71 bits per heavy atom. The third-order valence-corrected chi connectivity index (χ3v) is 2.06. The highest BCUT2D eigenvalue weighted by molar-refractivity contribution is 5.93. The Labute approximate surface area is 101 Å². The summed E-state index contributed by atoms with van der Waals surface area (Å²) in [5, 5.41) is 7.33. The summed E-state index contributed by atoms with van der Waals surface area (Å²) in [6, 6.07) is 8.52. The average Bonchev–Trinajstić information content (AvgIpc) is 2.35. The van der Waals surface area contributed by atoms with Crippen LogP contribution < -0.4 is 16.0 Å². The van der Waals surface area contributed by atoms with Crippen molar-refractivity contribution >= 4 is 12.1 Å². The molecule has 0 aliphatic carbocycles. The van der Waals surface area contributed by atoms with Crippen LogP contribution in [0.25, 0.3) is 0 Å². The molecule has 0 fully saturated rings. The number of amides is 4. The van der Waals surface area contributed by atoms with Crippen molar-refractivity contribution in [3.63, 3.8) is 0 Å². The SMILES string of the molecule is CCCNC(=O)NC(=O)NCc1ccccc1. The number of rotatable bonds is 4. The summed E-state index contributed by atoms with van der Waals surface area (Å²) >= 11 is 0. The third kappa shape index (κ3) is 5.55. The molecule has 17 heavy (non-hydrogen) atoms. The van der Waals surface area contributed by atoms with E-state index in [-0.39, 0.29) is 0 Å². The van der Waals surface area contributed by atoms with Crippen LogP contribution in [-0.2, 0) is 6.54 Å². The number of hydrogen-bond acceptors (Lipinski definition) is 2. The van der Waals surface area contributed by atoms with Crippen molar-refractivity contribution in [2.24, 2.45) is 0 Å². The minimum Gasteiger partial charge on any atom is -0.338 e. The Kier molecular flexibility index (Phi) is 5.57. The standard InChI is InChI=1S/C12H17N3O2/c1-2-8-13-11(16)15-12(17)14-9-10-6-4-3-5-7-10/h3-7H,2,8-9H2,1H3,(H3,13,14,15,16,17). The lowest BCUT2D eigenvalue weighted by Crippen LogP contribution is -2.44. The minimum absolute atomic E-state index is 0.397. The van der Waals surface area contributed by atoms with E-state index in [0.717, 1.165) is 12.0 Å². The van der Waals surface area contributed by atoms with E-state index in [0.29, 0.717) is 13.1 Å². The van der Waals surface area contributed by atoms with Crippen molar-refractivity contribution in [1.82, 2.24) is 16.0 Å². The Morgan fingerprint density at radius 1 is 1.06 bits per heavy atom. The number of benzene rings is 1. The minimum atomic E-state index is -0.498. The van der Waals surface area contributed by atoms with Crippen molar-refractivity contribution in [3.05, 3.63) is 35.9 Å². The second-order valence-electron chi connectivity index (χ2n) is 3.55. The molecule has 0 aromatic heterocycles. The van der Waals surface area contributed by atoms with Crippen LogP contribution >= 0.6 is 0 Å². The quantitative estimate of drug-likeness (QED) is 0.742. The Balaban J connectivity index is 2.24. The van der Waals surface area contributed by atoms with Crippen molar-refractivity contribution in [3.8, 4) is 0 Å². The van der Waals surface area contributed by atoms with Crippen LogP contribution in [0.2, 0.25) is 0 Å². The number of hydrogen-bond donors (Lipinski definition) is 3. The molecule has 0 aliphatic rings. The van der Waals surface area contributed by atoms with E-state index in [1.165, 1.54) is 0 Å². The van der Waals surface area contributed by atoms with E-state index < -0.39 is 12.1 Å². The molecule has 1 aromatic carbocycles. The molecule has 0 heterocycles. The maximum absolute atomic E-state index is 11.3. The van der Waals surface area contributed by atoms with E-state index in [1.54, 1.807) is 0 Å².